The summed E-state index contributed by atoms with van der Waals surface area (Å²) in [5.41, 5.74) is 6.62. The molecule has 178 valence electrons. The Balaban J connectivity index is 1.65. The van der Waals surface area contributed by atoms with E-state index in [1.807, 2.05) is 43.5 Å². The number of halogens is 1. The number of hydrogen-bond donors (Lipinski definition) is 1. The molecule has 0 spiro atoms. The van der Waals surface area contributed by atoms with E-state index in [1.165, 1.54) is 11.3 Å². The lowest BCUT2D eigenvalue weighted by atomic mass is 9.96. The molecule has 5 rings (SSSR count). The van der Waals surface area contributed by atoms with E-state index in [2.05, 4.69) is 92.0 Å². The largest absolute Gasteiger partial charge is 0.494 e. The third-order valence-electron chi connectivity index (χ3n) is 6.41. The molecule has 0 saturated carbocycles. The maximum atomic E-state index is 5.90. The van der Waals surface area contributed by atoms with Crippen LogP contribution in [0, 0.1) is 13.8 Å². The van der Waals surface area contributed by atoms with Gasteiger partial charge in [-0.1, -0.05) is 18.2 Å². The molecule has 0 radical (unpaired) electrons. The van der Waals surface area contributed by atoms with Crippen LogP contribution in [0.5, 0.6) is 5.75 Å². The van der Waals surface area contributed by atoms with Gasteiger partial charge in [-0.05, 0) is 109 Å². The van der Waals surface area contributed by atoms with E-state index < -0.39 is 0 Å². The average Bonchev–Trinajstić information content (AvgIpc) is 3.36. The second-order valence-electron chi connectivity index (χ2n) is 8.54. The lowest BCUT2D eigenvalue weighted by Crippen LogP contribution is -2.29. The fourth-order valence-corrected chi connectivity index (χ4v) is 5.72. The Morgan fingerprint density at radius 1 is 1.03 bits per heavy atom. The molecule has 0 bridgehead atoms. The second-order valence-corrected chi connectivity index (χ2v) is 9.78. The normalized spacial score (nSPS) is 17.5. The summed E-state index contributed by atoms with van der Waals surface area (Å²) in [5.74, 6) is 0.847. The molecule has 1 fully saturated rings. The zero-order valence-corrected chi connectivity index (χ0v) is 22.3. The van der Waals surface area contributed by atoms with Crippen LogP contribution < -0.4 is 15.0 Å². The van der Waals surface area contributed by atoms with Crippen molar-refractivity contribution >= 4 is 38.9 Å². The Hall–Kier alpha value is -3.16. The molecule has 2 aromatic heterocycles. The number of benzene rings is 2. The van der Waals surface area contributed by atoms with Gasteiger partial charge in [-0.3, -0.25) is 4.98 Å². The maximum absolute atomic E-state index is 5.90. The first-order valence-corrected chi connectivity index (χ1v) is 12.9. The van der Waals surface area contributed by atoms with Crippen molar-refractivity contribution < 1.29 is 4.74 Å². The van der Waals surface area contributed by atoms with Gasteiger partial charge in [-0.25, -0.2) is 0 Å². The molecule has 4 aromatic rings. The van der Waals surface area contributed by atoms with E-state index in [4.69, 9.17) is 17.0 Å². The van der Waals surface area contributed by atoms with Gasteiger partial charge in [-0.15, -0.1) is 0 Å². The summed E-state index contributed by atoms with van der Waals surface area (Å²) in [6.07, 6.45) is 1.83. The molecule has 5 nitrogen and oxygen atoms in total. The molecule has 2 aromatic carbocycles. The van der Waals surface area contributed by atoms with Crippen LogP contribution >= 0.6 is 28.1 Å². The zero-order chi connectivity index (χ0) is 24.5. The lowest BCUT2D eigenvalue weighted by molar-refractivity contribution is 0.340. The summed E-state index contributed by atoms with van der Waals surface area (Å²) in [6.45, 7) is 6.94. The SMILES string of the molecule is CCOc1ccc(N2C(=S)NC(c3ccccn3)C2c2cc(C)n(-c3ccccc3Br)c2C)cc1. The van der Waals surface area contributed by atoms with Gasteiger partial charge in [-0.2, -0.15) is 0 Å². The van der Waals surface area contributed by atoms with Crippen LogP contribution in [0.25, 0.3) is 5.69 Å². The molecule has 0 amide bonds. The number of nitrogens with one attached hydrogen (secondary N) is 1. The van der Waals surface area contributed by atoms with Gasteiger partial charge in [0.25, 0.3) is 0 Å². The maximum Gasteiger partial charge on any atom is 0.174 e. The molecule has 2 unspecified atom stereocenters. The van der Waals surface area contributed by atoms with Crippen molar-refractivity contribution in [2.45, 2.75) is 32.9 Å². The number of anilines is 1. The van der Waals surface area contributed by atoms with Crippen molar-refractivity contribution in [1.82, 2.24) is 14.9 Å². The standard InChI is InChI=1S/C28H27BrN4OS/c1-4-34-21-14-12-20(13-15-21)33-27(26(31-28(33)35)24-10-7-8-16-30-24)22-17-18(2)32(19(22)3)25-11-6-5-9-23(25)29/h5-17,26-27H,4H2,1-3H3,(H,31,35). The van der Waals surface area contributed by atoms with E-state index in [-0.39, 0.29) is 12.1 Å². The number of rotatable bonds is 6. The number of aromatic nitrogens is 2. The van der Waals surface area contributed by atoms with Crippen molar-refractivity contribution in [3.8, 4) is 11.4 Å². The topological polar surface area (TPSA) is 42.3 Å². The first kappa shape index (κ1) is 23.6. The molecule has 2 atom stereocenters. The third kappa shape index (κ3) is 4.34. The predicted molar refractivity (Wildman–Crippen MR) is 148 cm³/mol. The van der Waals surface area contributed by atoms with Crippen LogP contribution in [0.4, 0.5) is 5.69 Å². The zero-order valence-electron chi connectivity index (χ0n) is 19.9. The van der Waals surface area contributed by atoms with Crippen LogP contribution in [-0.4, -0.2) is 21.3 Å². The summed E-state index contributed by atoms with van der Waals surface area (Å²) in [4.78, 5) is 6.89. The van der Waals surface area contributed by atoms with E-state index >= 15 is 0 Å². The minimum Gasteiger partial charge on any atom is -0.494 e. The Morgan fingerprint density at radius 2 is 1.77 bits per heavy atom. The number of aryl methyl sites for hydroxylation is 1. The van der Waals surface area contributed by atoms with Crippen LogP contribution in [0.3, 0.4) is 0 Å². The van der Waals surface area contributed by atoms with Crippen molar-refractivity contribution in [3.05, 3.63) is 106 Å². The minimum atomic E-state index is -0.0940. The van der Waals surface area contributed by atoms with Crippen LogP contribution in [0.1, 0.15) is 41.7 Å². The smallest absolute Gasteiger partial charge is 0.174 e. The number of hydrogen-bond acceptors (Lipinski definition) is 3. The predicted octanol–water partition coefficient (Wildman–Crippen LogP) is 6.83. The van der Waals surface area contributed by atoms with E-state index in [0.717, 1.165) is 33.0 Å². The van der Waals surface area contributed by atoms with Gasteiger partial charge >= 0.3 is 0 Å². The molecule has 1 N–H and O–H groups in total. The molecule has 35 heavy (non-hydrogen) atoms. The molecule has 0 aliphatic carbocycles. The Morgan fingerprint density at radius 3 is 2.46 bits per heavy atom. The number of ether oxygens (including phenoxy) is 1. The summed E-state index contributed by atoms with van der Waals surface area (Å²) in [6, 6.07) is 24.6. The van der Waals surface area contributed by atoms with Crippen molar-refractivity contribution in [2.24, 2.45) is 0 Å². The van der Waals surface area contributed by atoms with Crippen LogP contribution in [0.2, 0.25) is 0 Å². The third-order valence-corrected chi connectivity index (χ3v) is 7.39. The molecular weight excluding hydrogens is 520 g/mol. The van der Waals surface area contributed by atoms with Gasteiger partial charge in [0.1, 0.15) is 5.75 Å². The first-order valence-electron chi connectivity index (χ1n) is 11.7. The number of nitrogens with zero attached hydrogens (tertiary/aromatic N) is 3. The highest BCUT2D eigenvalue weighted by molar-refractivity contribution is 9.10. The summed E-state index contributed by atoms with van der Waals surface area (Å²) >= 11 is 9.63. The monoisotopic (exact) mass is 546 g/mol. The van der Waals surface area contributed by atoms with Gasteiger partial charge in [0.15, 0.2) is 5.11 Å². The number of pyridine rings is 1. The summed E-state index contributed by atoms with van der Waals surface area (Å²) < 4.78 is 9.02. The molecule has 1 aliphatic heterocycles. The second kappa shape index (κ2) is 9.84. The Labute approximate surface area is 219 Å². The van der Waals surface area contributed by atoms with Gasteiger partial charge in [0.2, 0.25) is 0 Å². The van der Waals surface area contributed by atoms with E-state index in [0.29, 0.717) is 11.7 Å². The van der Waals surface area contributed by atoms with Crippen LogP contribution in [0.15, 0.2) is 83.5 Å². The highest BCUT2D eigenvalue weighted by atomic mass is 79.9. The number of thiocarbonyl (C=S) groups is 1. The van der Waals surface area contributed by atoms with Crippen molar-refractivity contribution in [1.29, 1.82) is 0 Å². The Bertz CT molecular complexity index is 1350. The fraction of sp³-hybridized carbons (Fsp3) is 0.214. The minimum absolute atomic E-state index is 0.0715. The summed E-state index contributed by atoms with van der Waals surface area (Å²) in [5, 5.41) is 4.24. The number of para-hydroxylation sites is 1. The molecule has 3 heterocycles. The highest BCUT2D eigenvalue weighted by Gasteiger charge is 2.42. The fourth-order valence-electron chi connectivity index (χ4n) is 4.91. The molecule has 1 saturated heterocycles. The van der Waals surface area contributed by atoms with E-state index in [9.17, 15) is 0 Å². The molecule has 1 aliphatic rings. The summed E-state index contributed by atoms with van der Waals surface area (Å²) in [7, 11) is 0. The Kier molecular flexibility index (Phi) is 6.62. The lowest BCUT2D eigenvalue weighted by Gasteiger charge is -2.28. The van der Waals surface area contributed by atoms with Crippen molar-refractivity contribution in [3.63, 3.8) is 0 Å². The van der Waals surface area contributed by atoms with E-state index in [1.54, 1.807) is 0 Å². The molecule has 7 heteroatoms. The van der Waals surface area contributed by atoms with Gasteiger partial charge in [0.05, 0.1) is 30.1 Å². The van der Waals surface area contributed by atoms with Crippen molar-refractivity contribution in [2.75, 3.05) is 11.5 Å². The van der Waals surface area contributed by atoms with Gasteiger partial charge in [0, 0.05) is 27.7 Å². The molecular formula is C28H27BrN4OS. The average molecular weight is 548 g/mol. The van der Waals surface area contributed by atoms with Gasteiger partial charge < -0.3 is 19.5 Å². The quantitative estimate of drug-likeness (QED) is 0.268. The highest BCUT2D eigenvalue weighted by Crippen LogP contribution is 2.44. The first-order chi connectivity index (χ1) is 17.0. The van der Waals surface area contributed by atoms with Crippen LogP contribution in [-0.2, 0) is 0 Å².